The van der Waals surface area contributed by atoms with Crippen LogP contribution in [0.25, 0.3) is 0 Å². The number of likely N-dealkylation sites (N-methyl/N-ethyl adjacent to an activating group) is 1. The third kappa shape index (κ3) is 1.40. The van der Waals surface area contributed by atoms with Gasteiger partial charge < -0.3 is 9.64 Å². The molecule has 1 spiro atoms. The van der Waals surface area contributed by atoms with Crippen molar-refractivity contribution in [1.82, 2.24) is 4.90 Å². The first kappa shape index (κ1) is 9.17. The van der Waals surface area contributed by atoms with Gasteiger partial charge in [0.05, 0.1) is 12.7 Å². The van der Waals surface area contributed by atoms with Gasteiger partial charge in [0.25, 0.3) is 0 Å². The van der Waals surface area contributed by atoms with Gasteiger partial charge in [0.15, 0.2) is 0 Å². The molecule has 0 aromatic rings. The lowest BCUT2D eigenvalue weighted by Gasteiger charge is -2.51. The van der Waals surface area contributed by atoms with Crippen molar-refractivity contribution in [2.45, 2.75) is 50.7 Å². The molecular weight excluding hydrogens is 174 g/mol. The summed E-state index contributed by atoms with van der Waals surface area (Å²) >= 11 is 0. The maximum Gasteiger partial charge on any atom is 0.0936 e. The second-order valence-electron chi connectivity index (χ2n) is 5.52. The Labute approximate surface area is 86.6 Å². The molecule has 1 heterocycles. The van der Waals surface area contributed by atoms with Crippen LogP contribution in [0.15, 0.2) is 0 Å². The molecule has 2 unspecified atom stereocenters. The van der Waals surface area contributed by atoms with Crippen LogP contribution in [0.5, 0.6) is 0 Å². The summed E-state index contributed by atoms with van der Waals surface area (Å²) in [6.07, 6.45) is 9.44. The summed E-state index contributed by atoms with van der Waals surface area (Å²) in [5.41, 5.74) is 0.740. The monoisotopic (exact) mass is 195 g/mol. The molecule has 2 atom stereocenters. The summed E-state index contributed by atoms with van der Waals surface area (Å²) in [6.45, 7) is 2.18. The second kappa shape index (κ2) is 3.21. The highest BCUT2D eigenvalue weighted by atomic mass is 16.6. The van der Waals surface area contributed by atoms with Crippen molar-refractivity contribution in [3.63, 3.8) is 0 Å². The molecule has 2 saturated carbocycles. The molecule has 0 radical (unpaired) electrons. The molecule has 0 aromatic carbocycles. The van der Waals surface area contributed by atoms with Gasteiger partial charge in [-0.15, -0.1) is 0 Å². The highest BCUT2D eigenvalue weighted by molar-refractivity contribution is 5.03. The molecule has 3 rings (SSSR count). The minimum absolute atomic E-state index is 0.569. The van der Waals surface area contributed by atoms with Crippen molar-refractivity contribution in [2.75, 3.05) is 20.2 Å². The quantitative estimate of drug-likeness (QED) is 0.640. The average molecular weight is 195 g/mol. The molecule has 1 aliphatic heterocycles. The van der Waals surface area contributed by atoms with Gasteiger partial charge in [0.2, 0.25) is 0 Å². The summed E-state index contributed by atoms with van der Waals surface area (Å²) in [7, 11) is 2.30. The highest BCUT2D eigenvalue weighted by Gasteiger charge is 2.50. The summed E-state index contributed by atoms with van der Waals surface area (Å²) in [4.78, 5) is 2.58. The fraction of sp³-hybridized carbons (Fsp3) is 1.00. The Bertz CT molecular complexity index is 218. The normalized spacial score (nSPS) is 39.0. The van der Waals surface area contributed by atoms with Gasteiger partial charge in [0, 0.05) is 12.6 Å². The molecule has 2 heteroatoms. The van der Waals surface area contributed by atoms with Gasteiger partial charge >= 0.3 is 0 Å². The molecule has 2 nitrogen and oxygen atoms in total. The number of hydrogen-bond acceptors (Lipinski definition) is 2. The van der Waals surface area contributed by atoms with E-state index in [1.807, 2.05) is 0 Å². The van der Waals surface area contributed by atoms with E-state index in [4.69, 9.17) is 4.74 Å². The predicted molar refractivity (Wildman–Crippen MR) is 56.3 cm³/mol. The van der Waals surface area contributed by atoms with Crippen molar-refractivity contribution in [3.05, 3.63) is 0 Å². The molecule has 1 saturated heterocycles. The first-order valence-electron chi connectivity index (χ1n) is 6.12. The van der Waals surface area contributed by atoms with E-state index in [9.17, 15) is 0 Å². The van der Waals surface area contributed by atoms with Crippen molar-refractivity contribution < 1.29 is 4.74 Å². The van der Waals surface area contributed by atoms with E-state index in [0.29, 0.717) is 6.10 Å². The van der Waals surface area contributed by atoms with Crippen LogP contribution >= 0.6 is 0 Å². The molecule has 0 bridgehead atoms. The van der Waals surface area contributed by atoms with Crippen LogP contribution in [0.1, 0.15) is 38.5 Å². The van der Waals surface area contributed by atoms with Gasteiger partial charge in [-0.1, -0.05) is 12.8 Å². The molecule has 0 amide bonds. The Balaban J connectivity index is 1.60. The number of nitrogens with zero attached hydrogens (tertiary/aromatic N) is 1. The number of hydrogen-bond donors (Lipinski definition) is 0. The summed E-state index contributed by atoms with van der Waals surface area (Å²) in [6, 6.07) is 0.884. The largest absolute Gasteiger partial charge is 0.372 e. The van der Waals surface area contributed by atoms with E-state index in [2.05, 4.69) is 11.9 Å². The number of rotatable bonds is 3. The van der Waals surface area contributed by atoms with Gasteiger partial charge in [-0.2, -0.15) is 0 Å². The van der Waals surface area contributed by atoms with E-state index < -0.39 is 0 Å². The molecule has 0 aromatic heterocycles. The molecule has 14 heavy (non-hydrogen) atoms. The fourth-order valence-corrected chi connectivity index (χ4v) is 3.65. The van der Waals surface area contributed by atoms with Crippen molar-refractivity contribution in [3.8, 4) is 0 Å². The van der Waals surface area contributed by atoms with Crippen LogP contribution in [0, 0.1) is 5.41 Å². The number of ether oxygens (including phenoxy) is 1. The van der Waals surface area contributed by atoms with Crippen molar-refractivity contribution in [1.29, 1.82) is 0 Å². The van der Waals surface area contributed by atoms with Crippen molar-refractivity contribution >= 4 is 0 Å². The van der Waals surface area contributed by atoms with Gasteiger partial charge in [-0.25, -0.2) is 0 Å². The second-order valence-corrected chi connectivity index (χ2v) is 5.52. The van der Waals surface area contributed by atoms with Crippen LogP contribution in [0.4, 0.5) is 0 Å². The Morgan fingerprint density at radius 1 is 1.29 bits per heavy atom. The molecular formula is C12H21NO. The lowest BCUT2D eigenvalue weighted by atomic mass is 9.62. The molecule has 3 aliphatic rings. The Morgan fingerprint density at radius 3 is 2.50 bits per heavy atom. The first-order valence-corrected chi connectivity index (χ1v) is 6.12. The Kier molecular flexibility index (Phi) is 2.10. The van der Waals surface area contributed by atoms with E-state index in [-0.39, 0.29) is 0 Å². The summed E-state index contributed by atoms with van der Waals surface area (Å²) in [5, 5.41) is 0. The lowest BCUT2D eigenvalue weighted by molar-refractivity contribution is -0.0112. The molecule has 3 fully saturated rings. The number of epoxide rings is 1. The van der Waals surface area contributed by atoms with Gasteiger partial charge in [-0.05, 0) is 38.1 Å². The van der Waals surface area contributed by atoms with E-state index in [0.717, 1.165) is 18.1 Å². The van der Waals surface area contributed by atoms with Crippen LogP contribution in [-0.2, 0) is 4.74 Å². The van der Waals surface area contributed by atoms with Crippen LogP contribution in [0.2, 0.25) is 0 Å². The zero-order valence-corrected chi connectivity index (χ0v) is 9.17. The fourth-order valence-electron chi connectivity index (χ4n) is 3.65. The molecule has 2 aliphatic carbocycles. The smallest absolute Gasteiger partial charge is 0.0936 e. The minimum Gasteiger partial charge on any atom is -0.372 e. The summed E-state index contributed by atoms with van der Waals surface area (Å²) < 4.78 is 5.31. The van der Waals surface area contributed by atoms with Crippen LogP contribution in [0.3, 0.4) is 0 Å². The maximum absolute atomic E-state index is 5.31. The van der Waals surface area contributed by atoms with Gasteiger partial charge in [-0.3, -0.25) is 0 Å². The highest BCUT2D eigenvalue weighted by Crippen LogP contribution is 2.55. The third-order valence-electron chi connectivity index (χ3n) is 4.65. The Morgan fingerprint density at radius 2 is 2.00 bits per heavy atom. The SMILES string of the molecule is CN(CC1CO1)C1CCC12CCCC2. The zero-order valence-electron chi connectivity index (χ0n) is 9.17. The van der Waals surface area contributed by atoms with Gasteiger partial charge in [0.1, 0.15) is 0 Å². The maximum atomic E-state index is 5.31. The average Bonchev–Trinajstić information content (AvgIpc) is 2.80. The predicted octanol–water partition coefficient (Wildman–Crippen LogP) is 2.04. The van der Waals surface area contributed by atoms with E-state index in [1.54, 1.807) is 0 Å². The first-order chi connectivity index (χ1) is 6.80. The summed E-state index contributed by atoms with van der Waals surface area (Å²) in [5.74, 6) is 0. The topological polar surface area (TPSA) is 15.8 Å². The Hall–Kier alpha value is -0.0800. The lowest BCUT2D eigenvalue weighted by Crippen LogP contribution is -2.53. The van der Waals surface area contributed by atoms with Crippen LogP contribution < -0.4 is 0 Å². The van der Waals surface area contributed by atoms with Crippen LogP contribution in [-0.4, -0.2) is 37.2 Å². The van der Waals surface area contributed by atoms with Crippen molar-refractivity contribution in [2.24, 2.45) is 5.41 Å². The third-order valence-corrected chi connectivity index (χ3v) is 4.65. The zero-order chi connectivity index (χ0) is 9.60. The van der Waals surface area contributed by atoms with E-state index >= 15 is 0 Å². The molecule has 80 valence electrons. The minimum atomic E-state index is 0.569. The standard InChI is InChI=1S/C12H21NO/c1-13(8-10-9-14-10)11-4-7-12(11)5-2-3-6-12/h10-11H,2-9H2,1H3. The molecule has 0 N–H and O–H groups in total. The van der Waals surface area contributed by atoms with E-state index in [1.165, 1.54) is 45.1 Å².